The first-order chi connectivity index (χ1) is 16.0. The average Bonchev–Trinajstić information content (AvgIpc) is 3.15. The molecule has 1 fully saturated rings. The van der Waals surface area contributed by atoms with Crippen LogP contribution in [0.25, 0.3) is 11.0 Å². The molecule has 2 aliphatic heterocycles. The van der Waals surface area contributed by atoms with E-state index < -0.39 is 0 Å². The lowest BCUT2D eigenvalue weighted by Gasteiger charge is -2.19. The summed E-state index contributed by atoms with van der Waals surface area (Å²) < 4.78 is 12.4. The second-order valence-electron chi connectivity index (χ2n) is 8.53. The standard InChI is InChI=1S/C24H16Cl2N4O3/c25-13-8-15-16(9-14(13)26)29-24(28-15)21-20-12-7-10(1-3-17(12)33-22(20)21)32-18-5-6-27-23-11(18)2-4-19(31)30-23/h1,3,5-9,20-22H,2,4H2,(H,28,29)(H,27,30,31)/t20-,21?,22?/m0/s1. The molecule has 7 nitrogen and oxygen atoms in total. The Hall–Kier alpha value is -3.29. The molecule has 164 valence electrons. The third kappa shape index (κ3) is 2.99. The molecule has 0 saturated heterocycles. The van der Waals surface area contributed by atoms with Gasteiger partial charge in [-0.05, 0) is 42.8 Å². The second kappa shape index (κ2) is 6.85. The minimum absolute atomic E-state index is 0.0252. The summed E-state index contributed by atoms with van der Waals surface area (Å²) in [5, 5.41) is 3.79. The van der Waals surface area contributed by atoms with Gasteiger partial charge in [0.15, 0.2) is 0 Å². The van der Waals surface area contributed by atoms with E-state index in [4.69, 9.17) is 37.7 Å². The number of carbonyl (C=O) groups is 1. The number of nitrogens with zero attached hydrogens (tertiary/aromatic N) is 2. The average molecular weight is 479 g/mol. The van der Waals surface area contributed by atoms with E-state index in [-0.39, 0.29) is 23.8 Å². The maximum Gasteiger partial charge on any atom is 0.225 e. The number of aromatic nitrogens is 3. The fourth-order valence-corrected chi connectivity index (χ4v) is 5.21. The van der Waals surface area contributed by atoms with Crippen molar-refractivity contribution in [2.45, 2.75) is 30.8 Å². The molecular weight excluding hydrogens is 463 g/mol. The number of amides is 1. The largest absolute Gasteiger partial charge is 0.489 e. The first kappa shape index (κ1) is 19.2. The molecule has 33 heavy (non-hydrogen) atoms. The topological polar surface area (TPSA) is 89.1 Å². The van der Waals surface area contributed by atoms with E-state index in [1.165, 1.54) is 0 Å². The lowest BCUT2D eigenvalue weighted by atomic mass is 10.1. The third-order valence-corrected chi connectivity index (χ3v) is 7.24. The number of benzene rings is 2. The number of halogens is 2. The molecule has 9 heteroatoms. The summed E-state index contributed by atoms with van der Waals surface area (Å²) in [5.74, 6) is 4.06. The van der Waals surface area contributed by atoms with Gasteiger partial charge in [0.1, 0.15) is 35.0 Å². The van der Waals surface area contributed by atoms with Crippen LogP contribution in [0.1, 0.15) is 35.2 Å². The summed E-state index contributed by atoms with van der Waals surface area (Å²) in [6.45, 7) is 0. The summed E-state index contributed by atoms with van der Waals surface area (Å²) in [6.07, 6.45) is 2.71. The highest BCUT2D eigenvalue weighted by Crippen LogP contribution is 2.63. The van der Waals surface area contributed by atoms with Crippen LogP contribution < -0.4 is 14.8 Å². The summed E-state index contributed by atoms with van der Waals surface area (Å²) in [5.41, 5.74) is 3.67. The molecule has 0 radical (unpaired) electrons. The molecule has 0 spiro atoms. The van der Waals surface area contributed by atoms with Crippen molar-refractivity contribution in [1.82, 2.24) is 15.0 Å². The van der Waals surface area contributed by atoms with Gasteiger partial charge >= 0.3 is 0 Å². The van der Waals surface area contributed by atoms with Crippen molar-refractivity contribution >= 4 is 46.0 Å². The first-order valence-electron chi connectivity index (χ1n) is 10.7. The van der Waals surface area contributed by atoms with Crippen molar-refractivity contribution in [3.8, 4) is 17.2 Å². The van der Waals surface area contributed by atoms with Crippen LogP contribution in [0.15, 0.2) is 42.6 Å². The number of anilines is 1. The van der Waals surface area contributed by atoms with E-state index >= 15 is 0 Å². The number of H-pyrrole nitrogens is 1. The first-order valence-corrected chi connectivity index (χ1v) is 11.4. The number of imidazole rings is 1. The SMILES string of the molecule is O=C1CCc2c(Oc3ccc4c(c3)[C@@H]3C(O4)C3c3nc4cc(Cl)c(Cl)cc4[nH]3)ccnc2N1. The van der Waals surface area contributed by atoms with Crippen LogP contribution in [-0.2, 0) is 11.2 Å². The summed E-state index contributed by atoms with van der Waals surface area (Å²) in [4.78, 5) is 24.0. The number of ether oxygens (including phenoxy) is 2. The monoisotopic (exact) mass is 478 g/mol. The van der Waals surface area contributed by atoms with Gasteiger partial charge in [-0.2, -0.15) is 0 Å². The van der Waals surface area contributed by atoms with E-state index in [1.54, 1.807) is 18.3 Å². The Balaban J connectivity index is 1.18. The van der Waals surface area contributed by atoms with Crippen LogP contribution in [0.2, 0.25) is 10.0 Å². The summed E-state index contributed by atoms with van der Waals surface area (Å²) >= 11 is 12.3. The van der Waals surface area contributed by atoms with Crippen LogP contribution in [0.5, 0.6) is 17.2 Å². The summed E-state index contributed by atoms with van der Waals surface area (Å²) in [6, 6.07) is 11.3. The smallest absolute Gasteiger partial charge is 0.225 e. The van der Waals surface area contributed by atoms with E-state index in [2.05, 4.69) is 15.3 Å². The van der Waals surface area contributed by atoms with Gasteiger partial charge in [0.05, 0.1) is 27.0 Å². The van der Waals surface area contributed by atoms with E-state index in [0.717, 1.165) is 39.5 Å². The highest BCUT2D eigenvalue weighted by atomic mass is 35.5. The quantitative estimate of drug-likeness (QED) is 0.400. The number of carbonyl (C=O) groups excluding carboxylic acids is 1. The van der Waals surface area contributed by atoms with Gasteiger partial charge in [-0.3, -0.25) is 4.79 Å². The molecular formula is C24H16Cl2N4O3. The zero-order chi connectivity index (χ0) is 22.3. The van der Waals surface area contributed by atoms with Gasteiger partial charge in [-0.25, -0.2) is 9.97 Å². The Morgan fingerprint density at radius 3 is 2.85 bits per heavy atom. The molecule has 2 aromatic carbocycles. The van der Waals surface area contributed by atoms with E-state index in [1.807, 2.05) is 24.3 Å². The van der Waals surface area contributed by atoms with E-state index in [9.17, 15) is 4.79 Å². The molecule has 3 aliphatic rings. The lowest BCUT2D eigenvalue weighted by molar-refractivity contribution is -0.116. The van der Waals surface area contributed by atoms with Crippen molar-refractivity contribution < 1.29 is 14.3 Å². The fraction of sp³-hybridized carbons (Fsp3) is 0.208. The number of aromatic amines is 1. The molecule has 3 atom stereocenters. The zero-order valence-corrected chi connectivity index (χ0v) is 18.6. The Labute approximate surface area is 198 Å². The number of pyridine rings is 1. The van der Waals surface area contributed by atoms with Crippen molar-refractivity contribution in [3.63, 3.8) is 0 Å². The zero-order valence-electron chi connectivity index (χ0n) is 17.1. The predicted molar refractivity (Wildman–Crippen MR) is 124 cm³/mol. The van der Waals surface area contributed by atoms with E-state index in [0.29, 0.717) is 34.5 Å². The Kier molecular flexibility index (Phi) is 3.99. The van der Waals surface area contributed by atoms with Crippen molar-refractivity contribution in [2.24, 2.45) is 0 Å². The normalized spacial score (nSPS) is 22.2. The van der Waals surface area contributed by atoms with Crippen LogP contribution >= 0.6 is 23.2 Å². The van der Waals surface area contributed by atoms with Gasteiger partial charge in [-0.1, -0.05) is 23.2 Å². The summed E-state index contributed by atoms with van der Waals surface area (Å²) in [7, 11) is 0. The molecule has 0 bridgehead atoms. The number of rotatable bonds is 3. The molecule has 2 unspecified atom stereocenters. The second-order valence-corrected chi connectivity index (χ2v) is 9.34. The van der Waals surface area contributed by atoms with Crippen molar-refractivity contribution in [1.29, 1.82) is 0 Å². The van der Waals surface area contributed by atoms with Gasteiger partial charge in [0.2, 0.25) is 5.91 Å². The Morgan fingerprint density at radius 2 is 1.94 bits per heavy atom. The third-order valence-electron chi connectivity index (χ3n) is 6.52. The van der Waals surface area contributed by atoms with Crippen molar-refractivity contribution in [3.05, 3.63) is 69.6 Å². The number of nitrogens with one attached hydrogen (secondary N) is 2. The van der Waals surface area contributed by atoms with Gasteiger partial charge in [0, 0.05) is 29.7 Å². The van der Waals surface area contributed by atoms with Crippen LogP contribution in [0.3, 0.4) is 0 Å². The molecule has 2 N–H and O–H groups in total. The fourth-order valence-electron chi connectivity index (χ4n) is 4.89. The maximum atomic E-state index is 11.7. The molecule has 1 amide bonds. The van der Waals surface area contributed by atoms with Crippen LogP contribution in [0, 0.1) is 0 Å². The number of fused-ring (bicyclic) bond motifs is 5. The Bertz CT molecular complexity index is 1450. The van der Waals surface area contributed by atoms with Crippen LogP contribution in [0.4, 0.5) is 5.82 Å². The minimum Gasteiger partial charge on any atom is -0.489 e. The highest BCUT2D eigenvalue weighted by molar-refractivity contribution is 6.42. The highest BCUT2D eigenvalue weighted by Gasteiger charge is 2.61. The molecule has 7 rings (SSSR count). The molecule has 4 aromatic rings. The van der Waals surface area contributed by atoms with Gasteiger partial charge < -0.3 is 19.8 Å². The number of hydrogen-bond donors (Lipinski definition) is 2. The maximum absolute atomic E-state index is 11.7. The number of hydrogen-bond acceptors (Lipinski definition) is 5. The van der Waals surface area contributed by atoms with Gasteiger partial charge in [0.25, 0.3) is 0 Å². The lowest BCUT2D eigenvalue weighted by Crippen LogP contribution is -2.20. The van der Waals surface area contributed by atoms with Crippen LogP contribution in [-0.4, -0.2) is 27.0 Å². The Morgan fingerprint density at radius 1 is 1.06 bits per heavy atom. The van der Waals surface area contributed by atoms with Crippen molar-refractivity contribution in [2.75, 3.05) is 5.32 Å². The molecule has 4 heterocycles. The molecule has 2 aromatic heterocycles. The van der Waals surface area contributed by atoms with Gasteiger partial charge in [-0.15, -0.1) is 0 Å². The molecule has 1 saturated carbocycles. The molecule has 1 aliphatic carbocycles. The minimum atomic E-state index is -0.0252. The predicted octanol–water partition coefficient (Wildman–Crippen LogP) is 5.58.